The highest BCUT2D eigenvalue weighted by atomic mass is 32.1. The van der Waals surface area contributed by atoms with E-state index < -0.39 is 0 Å². The Morgan fingerprint density at radius 3 is 3.00 bits per heavy atom. The lowest BCUT2D eigenvalue weighted by Gasteiger charge is -2.01. The average Bonchev–Trinajstić information content (AvgIpc) is 2.98. The minimum atomic E-state index is -0.0117. The number of carbonyl (C=O) groups excluding carboxylic acids is 1. The molecule has 5 nitrogen and oxygen atoms in total. The molecule has 0 fully saturated rings. The fourth-order valence-corrected chi connectivity index (χ4v) is 2.75. The Morgan fingerprint density at radius 2 is 2.39 bits per heavy atom. The van der Waals surface area contributed by atoms with E-state index in [2.05, 4.69) is 34.3 Å². The minimum Gasteiger partial charge on any atom is -0.351 e. The molecule has 0 saturated carbocycles. The van der Waals surface area contributed by atoms with Gasteiger partial charge in [-0.15, -0.1) is 11.3 Å². The topological polar surface area (TPSA) is 70.7 Å². The number of nitrogens with zero attached hydrogens (tertiary/aromatic N) is 2. The van der Waals surface area contributed by atoms with Crippen molar-refractivity contribution in [1.29, 1.82) is 0 Å². The molecular weight excluding hydrogens is 248 g/mol. The molecule has 2 rings (SSSR count). The SMILES string of the molecule is CCc1cc(C(=O)NCCc2ncn[nH]2)sc1C. The van der Waals surface area contributed by atoms with Crippen molar-refractivity contribution in [2.45, 2.75) is 26.7 Å². The van der Waals surface area contributed by atoms with Crippen LogP contribution in [0.4, 0.5) is 0 Å². The van der Waals surface area contributed by atoms with E-state index in [0.717, 1.165) is 17.1 Å². The zero-order valence-corrected chi connectivity index (χ0v) is 11.3. The number of H-pyrrole nitrogens is 1. The molecule has 0 aliphatic rings. The number of aromatic amines is 1. The number of carbonyl (C=O) groups is 1. The highest BCUT2D eigenvalue weighted by molar-refractivity contribution is 7.14. The summed E-state index contributed by atoms with van der Waals surface area (Å²) in [6.45, 7) is 4.71. The molecule has 0 spiro atoms. The van der Waals surface area contributed by atoms with E-state index in [1.165, 1.54) is 16.8 Å². The van der Waals surface area contributed by atoms with Gasteiger partial charge in [0.25, 0.3) is 5.91 Å². The highest BCUT2D eigenvalue weighted by Crippen LogP contribution is 2.21. The predicted molar refractivity (Wildman–Crippen MR) is 70.9 cm³/mol. The maximum Gasteiger partial charge on any atom is 0.261 e. The number of aryl methyl sites for hydroxylation is 2. The largest absolute Gasteiger partial charge is 0.351 e. The molecule has 2 N–H and O–H groups in total. The minimum absolute atomic E-state index is 0.0117. The van der Waals surface area contributed by atoms with Gasteiger partial charge in [-0.1, -0.05) is 6.92 Å². The molecule has 0 atom stereocenters. The van der Waals surface area contributed by atoms with Gasteiger partial charge in [0.15, 0.2) is 0 Å². The summed E-state index contributed by atoms with van der Waals surface area (Å²) in [4.78, 5) is 17.9. The standard InChI is InChI=1S/C12H16N4OS/c1-3-9-6-10(18-8(9)2)12(17)13-5-4-11-14-7-15-16-11/h6-7H,3-5H2,1-2H3,(H,13,17)(H,14,15,16). The summed E-state index contributed by atoms with van der Waals surface area (Å²) in [5.74, 6) is 0.772. The first kappa shape index (κ1) is 12.8. The van der Waals surface area contributed by atoms with Gasteiger partial charge in [0, 0.05) is 17.8 Å². The van der Waals surface area contributed by atoms with E-state index in [1.54, 1.807) is 11.3 Å². The maximum absolute atomic E-state index is 11.9. The Bertz CT molecular complexity index is 518. The summed E-state index contributed by atoms with van der Waals surface area (Å²) in [6, 6.07) is 1.98. The summed E-state index contributed by atoms with van der Waals surface area (Å²) in [5, 5.41) is 9.41. The predicted octanol–water partition coefficient (Wildman–Crippen LogP) is 1.71. The molecule has 0 aliphatic carbocycles. The lowest BCUT2D eigenvalue weighted by Crippen LogP contribution is -2.25. The Kier molecular flexibility index (Phi) is 4.09. The molecule has 0 bridgehead atoms. The van der Waals surface area contributed by atoms with Crippen LogP contribution in [0.15, 0.2) is 12.4 Å². The van der Waals surface area contributed by atoms with Crippen molar-refractivity contribution in [1.82, 2.24) is 20.5 Å². The zero-order chi connectivity index (χ0) is 13.0. The molecule has 0 saturated heterocycles. The fourth-order valence-electron chi connectivity index (χ4n) is 1.72. The highest BCUT2D eigenvalue weighted by Gasteiger charge is 2.11. The van der Waals surface area contributed by atoms with Crippen molar-refractivity contribution < 1.29 is 4.79 Å². The Labute approximate surface area is 110 Å². The Morgan fingerprint density at radius 1 is 1.56 bits per heavy atom. The molecule has 2 heterocycles. The number of amides is 1. The van der Waals surface area contributed by atoms with Crippen molar-refractivity contribution in [3.63, 3.8) is 0 Å². The van der Waals surface area contributed by atoms with E-state index in [-0.39, 0.29) is 5.91 Å². The van der Waals surface area contributed by atoms with E-state index >= 15 is 0 Å². The molecule has 6 heteroatoms. The molecule has 0 aliphatic heterocycles. The van der Waals surface area contributed by atoms with Crippen LogP contribution in [0, 0.1) is 6.92 Å². The number of aromatic nitrogens is 3. The summed E-state index contributed by atoms with van der Waals surface area (Å²) in [6.07, 6.45) is 3.09. The van der Waals surface area contributed by atoms with Gasteiger partial charge in [-0.3, -0.25) is 9.89 Å². The van der Waals surface area contributed by atoms with E-state index in [4.69, 9.17) is 0 Å². The Balaban J connectivity index is 1.87. The molecule has 0 radical (unpaired) electrons. The first-order valence-corrected chi connectivity index (χ1v) is 6.74. The quantitative estimate of drug-likeness (QED) is 0.863. The van der Waals surface area contributed by atoms with Gasteiger partial charge >= 0.3 is 0 Å². The zero-order valence-electron chi connectivity index (χ0n) is 10.5. The van der Waals surface area contributed by atoms with Gasteiger partial charge in [-0.05, 0) is 25.0 Å². The molecular formula is C12H16N4OS. The van der Waals surface area contributed by atoms with Crippen molar-refractivity contribution in [2.24, 2.45) is 0 Å². The molecule has 1 amide bonds. The smallest absolute Gasteiger partial charge is 0.261 e. The van der Waals surface area contributed by atoms with Gasteiger partial charge in [0.1, 0.15) is 12.2 Å². The number of nitrogens with one attached hydrogen (secondary N) is 2. The number of rotatable bonds is 5. The summed E-state index contributed by atoms with van der Waals surface area (Å²) >= 11 is 1.55. The second-order valence-corrected chi connectivity index (χ2v) is 5.24. The van der Waals surface area contributed by atoms with Crippen molar-refractivity contribution in [3.8, 4) is 0 Å². The van der Waals surface area contributed by atoms with Crippen LogP contribution < -0.4 is 5.32 Å². The lowest BCUT2D eigenvalue weighted by molar-refractivity contribution is 0.0958. The van der Waals surface area contributed by atoms with Crippen LogP contribution >= 0.6 is 11.3 Å². The van der Waals surface area contributed by atoms with Crippen molar-refractivity contribution in [2.75, 3.05) is 6.54 Å². The van der Waals surface area contributed by atoms with Crippen LogP contribution in [0.2, 0.25) is 0 Å². The third-order valence-electron chi connectivity index (χ3n) is 2.74. The van der Waals surface area contributed by atoms with Crippen LogP contribution in [-0.2, 0) is 12.8 Å². The van der Waals surface area contributed by atoms with E-state index in [9.17, 15) is 4.79 Å². The third kappa shape index (κ3) is 2.95. The molecule has 0 aromatic carbocycles. The second-order valence-electron chi connectivity index (χ2n) is 3.98. The van der Waals surface area contributed by atoms with Crippen molar-refractivity contribution in [3.05, 3.63) is 33.5 Å². The van der Waals surface area contributed by atoms with Gasteiger partial charge < -0.3 is 5.32 Å². The summed E-state index contributed by atoms with van der Waals surface area (Å²) < 4.78 is 0. The lowest BCUT2D eigenvalue weighted by atomic mass is 10.2. The molecule has 2 aromatic rings. The number of thiophene rings is 1. The Hall–Kier alpha value is -1.69. The molecule has 18 heavy (non-hydrogen) atoms. The van der Waals surface area contributed by atoms with Crippen LogP contribution in [-0.4, -0.2) is 27.6 Å². The van der Waals surface area contributed by atoms with Gasteiger partial charge in [-0.25, -0.2) is 4.98 Å². The first-order chi connectivity index (χ1) is 8.70. The fraction of sp³-hybridized carbons (Fsp3) is 0.417. The maximum atomic E-state index is 11.9. The molecule has 2 aromatic heterocycles. The van der Waals surface area contributed by atoms with Crippen LogP contribution in [0.1, 0.15) is 32.9 Å². The van der Waals surface area contributed by atoms with Gasteiger partial charge in [-0.2, -0.15) is 5.10 Å². The third-order valence-corrected chi connectivity index (χ3v) is 3.83. The van der Waals surface area contributed by atoms with Crippen LogP contribution in [0.3, 0.4) is 0 Å². The van der Waals surface area contributed by atoms with E-state index in [1.807, 2.05) is 6.07 Å². The van der Waals surface area contributed by atoms with E-state index in [0.29, 0.717) is 13.0 Å². The van der Waals surface area contributed by atoms with Crippen LogP contribution in [0.25, 0.3) is 0 Å². The van der Waals surface area contributed by atoms with Crippen molar-refractivity contribution >= 4 is 17.2 Å². The monoisotopic (exact) mass is 264 g/mol. The normalized spacial score (nSPS) is 10.6. The summed E-state index contributed by atoms with van der Waals surface area (Å²) in [5.41, 5.74) is 1.25. The summed E-state index contributed by atoms with van der Waals surface area (Å²) in [7, 11) is 0. The van der Waals surface area contributed by atoms with Gasteiger partial charge in [0.2, 0.25) is 0 Å². The average molecular weight is 264 g/mol. The molecule has 0 unspecified atom stereocenters. The van der Waals surface area contributed by atoms with Crippen LogP contribution in [0.5, 0.6) is 0 Å². The first-order valence-electron chi connectivity index (χ1n) is 5.92. The van der Waals surface area contributed by atoms with Gasteiger partial charge in [0.05, 0.1) is 4.88 Å². The second kappa shape index (κ2) is 5.77. The molecule has 96 valence electrons. The number of hydrogen-bond acceptors (Lipinski definition) is 4. The number of hydrogen-bond donors (Lipinski definition) is 2.